The second kappa shape index (κ2) is 13.9. The first-order chi connectivity index (χ1) is 22.8. The largest absolute Gasteiger partial charge is 0.507 e. The van der Waals surface area contributed by atoms with E-state index in [1.165, 1.54) is 32.2 Å². The molecule has 2 aromatic rings. The highest BCUT2D eigenvalue weighted by atomic mass is 16.7. The number of hydrogen-bond donors (Lipinski definition) is 5. The lowest BCUT2D eigenvalue weighted by atomic mass is 9.72. The van der Waals surface area contributed by atoms with Crippen LogP contribution in [-0.2, 0) is 25.5 Å². The van der Waals surface area contributed by atoms with Gasteiger partial charge < -0.3 is 40.0 Å². The number of rotatable bonds is 11. The number of nitrogens with zero attached hydrogens (tertiary/aromatic N) is 1. The Morgan fingerprint density at radius 3 is 2.35 bits per heavy atom. The second-order valence-electron chi connectivity index (χ2n) is 12.9. The van der Waals surface area contributed by atoms with Crippen molar-refractivity contribution in [3.8, 4) is 17.2 Å². The lowest BCUT2D eigenvalue weighted by molar-refractivity contribution is -0.249. The number of aliphatic hydroxyl groups excluding tert-OH is 1. The van der Waals surface area contributed by atoms with Crippen LogP contribution in [0.4, 0.5) is 0 Å². The Balaban J connectivity index is 1.51. The third kappa shape index (κ3) is 6.32. The Bertz CT molecular complexity index is 1620. The van der Waals surface area contributed by atoms with Crippen molar-refractivity contribution in [2.45, 2.75) is 96.0 Å². The number of phenols is 2. The lowest BCUT2D eigenvalue weighted by Gasteiger charge is -2.43. The summed E-state index contributed by atoms with van der Waals surface area (Å²) in [5, 5.41) is 48.5. The Labute approximate surface area is 278 Å². The number of nitrogens with one attached hydrogen (secondary N) is 1. The fourth-order valence-electron chi connectivity index (χ4n) is 7.13. The first-order valence-electron chi connectivity index (χ1n) is 16.4. The van der Waals surface area contributed by atoms with Crippen molar-refractivity contribution < 1.29 is 53.8 Å². The summed E-state index contributed by atoms with van der Waals surface area (Å²) in [6.07, 6.45) is -3.41. The molecule has 6 atom stereocenters. The Morgan fingerprint density at radius 2 is 1.73 bits per heavy atom. The van der Waals surface area contributed by atoms with E-state index in [0.29, 0.717) is 0 Å². The molecule has 3 aliphatic rings. The van der Waals surface area contributed by atoms with Gasteiger partial charge in [0.25, 0.3) is 0 Å². The molecule has 0 aromatic heterocycles. The SMILES string of the molecule is CCCN(CCC)CC(=O)NC1CC(OC2CC(O)(C(C)=O)Cc3c(O)c4c(c(O)c32)C(=O)c2c(OC)cccc2C4=O)OC(C)C1O. The highest BCUT2D eigenvalue weighted by Crippen LogP contribution is 2.52. The van der Waals surface area contributed by atoms with Crippen LogP contribution in [0.3, 0.4) is 0 Å². The van der Waals surface area contributed by atoms with Crippen LogP contribution in [0.25, 0.3) is 0 Å². The zero-order chi connectivity index (χ0) is 35.1. The van der Waals surface area contributed by atoms with Crippen LogP contribution in [0.1, 0.15) is 102 Å². The highest BCUT2D eigenvalue weighted by molar-refractivity contribution is 6.31. The monoisotopic (exact) mass is 668 g/mol. The number of benzene rings is 2. The van der Waals surface area contributed by atoms with Gasteiger partial charge >= 0.3 is 0 Å². The third-order valence-electron chi connectivity index (χ3n) is 9.55. The second-order valence-corrected chi connectivity index (χ2v) is 12.9. The predicted octanol–water partition coefficient (Wildman–Crippen LogP) is 2.31. The molecule has 1 amide bonds. The molecule has 13 heteroatoms. The summed E-state index contributed by atoms with van der Waals surface area (Å²) in [6.45, 7) is 8.47. The summed E-state index contributed by atoms with van der Waals surface area (Å²) in [4.78, 5) is 55.3. The van der Waals surface area contributed by atoms with Crippen molar-refractivity contribution in [1.29, 1.82) is 0 Å². The number of aliphatic hydroxyl groups is 2. The van der Waals surface area contributed by atoms with Crippen LogP contribution in [-0.4, -0.2) is 105 Å². The van der Waals surface area contributed by atoms with Crippen molar-refractivity contribution in [1.82, 2.24) is 10.2 Å². The van der Waals surface area contributed by atoms with Crippen LogP contribution in [0.15, 0.2) is 18.2 Å². The molecular formula is C35H44N2O11. The summed E-state index contributed by atoms with van der Waals surface area (Å²) in [5.74, 6) is -3.60. The molecule has 1 saturated heterocycles. The van der Waals surface area contributed by atoms with Crippen LogP contribution in [0.2, 0.25) is 0 Å². The molecule has 1 aliphatic heterocycles. The molecule has 0 radical (unpaired) electrons. The van der Waals surface area contributed by atoms with E-state index in [9.17, 15) is 39.6 Å². The normalized spacial score (nSPS) is 26.5. The van der Waals surface area contributed by atoms with E-state index in [1.54, 1.807) is 6.92 Å². The minimum absolute atomic E-state index is 0.0250. The standard InChI is InChI=1S/C35H44N2O11/c1-6-11-37(12-7-2)16-24(39)36-21-13-25(47-17(3)30(21)40)48-23-15-35(45,18(4)38)14-20-27(23)34(44)29-28(32(20)42)31(41)19-9-8-10-22(46-5)26(19)33(29)43/h8-10,17,21,23,25,30,40,42,44-45H,6-7,11-16H2,1-5H3,(H,36,39). The zero-order valence-electron chi connectivity index (χ0n) is 27.9. The Kier molecular flexibility index (Phi) is 10.3. The molecule has 5 N–H and O–H groups in total. The third-order valence-corrected chi connectivity index (χ3v) is 9.55. The van der Waals surface area contributed by atoms with Gasteiger partial charge in [-0.3, -0.25) is 24.1 Å². The summed E-state index contributed by atoms with van der Waals surface area (Å²) < 4.78 is 17.6. The number of carbonyl (C=O) groups excluding carboxylic acids is 4. The van der Waals surface area contributed by atoms with E-state index in [2.05, 4.69) is 5.32 Å². The van der Waals surface area contributed by atoms with E-state index in [-0.39, 0.29) is 53.3 Å². The first kappa shape index (κ1) is 35.4. The number of methoxy groups -OCH3 is 1. The quantitative estimate of drug-likeness (QED) is 0.188. The van der Waals surface area contributed by atoms with Gasteiger partial charge in [-0.15, -0.1) is 0 Å². The van der Waals surface area contributed by atoms with Gasteiger partial charge in [0.05, 0.1) is 48.6 Å². The van der Waals surface area contributed by atoms with Crippen molar-refractivity contribution in [3.05, 3.63) is 51.6 Å². The van der Waals surface area contributed by atoms with E-state index in [0.717, 1.165) is 25.9 Å². The van der Waals surface area contributed by atoms with E-state index >= 15 is 0 Å². The molecule has 0 bridgehead atoms. The molecule has 1 heterocycles. The maximum atomic E-state index is 13.9. The van der Waals surface area contributed by atoms with Crippen LogP contribution in [0.5, 0.6) is 17.2 Å². The fraction of sp³-hybridized carbons (Fsp3) is 0.543. The van der Waals surface area contributed by atoms with Crippen LogP contribution >= 0.6 is 0 Å². The van der Waals surface area contributed by atoms with Gasteiger partial charge in [0.15, 0.2) is 17.9 Å². The minimum Gasteiger partial charge on any atom is -0.507 e. The van der Waals surface area contributed by atoms with Gasteiger partial charge in [-0.05, 0) is 45.8 Å². The zero-order valence-corrected chi connectivity index (χ0v) is 27.9. The number of hydrogen-bond acceptors (Lipinski definition) is 12. The predicted molar refractivity (Wildman–Crippen MR) is 171 cm³/mol. The molecule has 13 nitrogen and oxygen atoms in total. The first-order valence-corrected chi connectivity index (χ1v) is 16.4. The molecule has 2 aliphatic carbocycles. The molecule has 5 rings (SSSR count). The number of phenolic OH excluding ortho intramolecular Hbond substituents is 2. The van der Waals surface area contributed by atoms with Gasteiger partial charge in [0.1, 0.15) is 29.0 Å². The average Bonchev–Trinajstić information content (AvgIpc) is 3.03. The lowest BCUT2D eigenvalue weighted by Crippen LogP contribution is -2.57. The number of Topliss-reactive ketones (excluding diaryl/α,β-unsaturated/α-hetero) is 1. The number of amides is 1. The Morgan fingerprint density at radius 1 is 1.06 bits per heavy atom. The van der Waals surface area contributed by atoms with Crippen molar-refractivity contribution in [2.24, 2.45) is 0 Å². The summed E-state index contributed by atoms with van der Waals surface area (Å²) >= 11 is 0. The van der Waals surface area contributed by atoms with E-state index in [4.69, 9.17) is 14.2 Å². The number of aromatic hydroxyl groups is 2. The van der Waals surface area contributed by atoms with E-state index in [1.807, 2.05) is 18.7 Å². The maximum Gasteiger partial charge on any atom is 0.234 e. The summed E-state index contributed by atoms with van der Waals surface area (Å²) in [5.41, 5.74) is -3.25. The van der Waals surface area contributed by atoms with Crippen molar-refractivity contribution in [2.75, 3.05) is 26.7 Å². The summed E-state index contributed by atoms with van der Waals surface area (Å²) in [7, 11) is 1.34. The van der Waals surface area contributed by atoms with Gasteiger partial charge in [0, 0.05) is 36.0 Å². The molecular weight excluding hydrogens is 624 g/mol. The molecule has 0 saturated carbocycles. The van der Waals surface area contributed by atoms with Gasteiger partial charge in [-0.2, -0.15) is 0 Å². The number of ether oxygens (including phenoxy) is 3. The van der Waals surface area contributed by atoms with Crippen LogP contribution < -0.4 is 10.1 Å². The number of fused-ring (bicyclic) bond motifs is 3. The van der Waals surface area contributed by atoms with Gasteiger partial charge in [-0.25, -0.2) is 0 Å². The molecule has 260 valence electrons. The topological polar surface area (TPSA) is 192 Å². The Hall–Kier alpha value is -3.88. The maximum absolute atomic E-state index is 13.9. The molecule has 6 unspecified atom stereocenters. The smallest absolute Gasteiger partial charge is 0.234 e. The highest BCUT2D eigenvalue weighted by Gasteiger charge is 2.49. The molecule has 48 heavy (non-hydrogen) atoms. The van der Waals surface area contributed by atoms with Crippen molar-refractivity contribution in [3.63, 3.8) is 0 Å². The fourth-order valence-corrected chi connectivity index (χ4v) is 7.13. The molecule has 1 fully saturated rings. The number of ketones is 3. The van der Waals surface area contributed by atoms with E-state index < -0.39 is 82.6 Å². The van der Waals surface area contributed by atoms with Crippen LogP contribution in [0, 0.1) is 0 Å². The molecule has 0 spiro atoms. The summed E-state index contributed by atoms with van der Waals surface area (Å²) in [6, 6.07) is 3.65. The van der Waals surface area contributed by atoms with Gasteiger partial charge in [0.2, 0.25) is 11.7 Å². The van der Waals surface area contributed by atoms with Gasteiger partial charge in [-0.1, -0.05) is 26.0 Å². The van der Waals surface area contributed by atoms with Crippen molar-refractivity contribution >= 4 is 23.3 Å². The number of carbonyl (C=O) groups is 4. The molecule has 2 aromatic carbocycles. The average molecular weight is 669 g/mol. The minimum atomic E-state index is -2.06.